The minimum absolute atomic E-state index is 0.118. The monoisotopic (exact) mass is 370 g/mol. The van der Waals surface area contributed by atoms with Gasteiger partial charge in [0.1, 0.15) is 5.60 Å². The van der Waals surface area contributed by atoms with Crippen molar-refractivity contribution in [3.63, 3.8) is 0 Å². The van der Waals surface area contributed by atoms with Crippen LogP contribution in [0.15, 0.2) is 36.7 Å². The Hall–Kier alpha value is -3.00. The fraction of sp³-hybridized carbons (Fsp3) is 0.368. The van der Waals surface area contributed by atoms with Crippen LogP contribution in [0.2, 0.25) is 0 Å². The molecule has 1 aliphatic heterocycles. The Morgan fingerprint density at radius 3 is 2.93 bits per heavy atom. The lowest BCUT2D eigenvalue weighted by Crippen LogP contribution is -2.45. The van der Waals surface area contributed by atoms with Gasteiger partial charge in [-0.25, -0.2) is 4.79 Å². The van der Waals surface area contributed by atoms with Crippen molar-refractivity contribution in [3.05, 3.63) is 42.4 Å². The van der Waals surface area contributed by atoms with Gasteiger partial charge in [-0.1, -0.05) is 0 Å². The van der Waals surface area contributed by atoms with E-state index in [2.05, 4.69) is 14.9 Å². The Morgan fingerprint density at radius 2 is 2.19 bits per heavy atom. The van der Waals surface area contributed by atoms with Gasteiger partial charge in [-0.15, -0.1) is 0 Å². The zero-order chi connectivity index (χ0) is 19.6. The molecule has 2 N–H and O–H groups in total. The van der Waals surface area contributed by atoms with Crippen molar-refractivity contribution in [2.75, 3.05) is 31.6 Å². The second-order valence-electron chi connectivity index (χ2n) is 6.94. The van der Waals surface area contributed by atoms with E-state index in [4.69, 9.17) is 5.11 Å². The summed E-state index contributed by atoms with van der Waals surface area (Å²) < 4.78 is 0. The Kier molecular flexibility index (Phi) is 5.09. The summed E-state index contributed by atoms with van der Waals surface area (Å²) in [5.74, 6) is -1.64. The lowest BCUT2D eigenvalue weighted by Gasteiger charge is -2.29. The van der Waals surface area contributed by atoms with E-state index in [1.807, 2.05) is 19.1 Å². The summed E-state index contributed by atoms with van der Waals surface area (Å²) in [4.78, 5) is 34.6. The Labute approximate surface area is 156 Å². The molecular formula is C19H22N4O4. The number of nitrogens with zero attached hydrogens (tertiary/aromatic N) is 4. The molecular weight excluding hydrogens is 348 g/mol. The molecule has 8 heteroatoms. The maximum absolute atomic E-state index is 12.0. The largest absolute Gasteiger partial charge is 0.478 e. The van der Waals surface area contributed by atoms with E-state index >= 15 is 0 Å². The van der Waals surface area contributed by atoms with Crippen LogP contribution in [0.25, 0.3) is 10.9 Å². The summed E-state index contributed by atoms with van der Waals surface area (Å²) in [7, 11) is 1.55. The number of likely N-dealkylation sites (N-methyl/N-ethyl adjacent to an activating group) is 1. The highest BCUT2D eigenvalue weighted by atomic mass is 16.4. The van der Waals surface area contributed by atoms with Crippen LogP contribution in [0.4, 0.5) is 5.69 Å². The van der Waals surface area contributed by atoms with Crippen LogP contribution < -0.4 is 4.90 Å². The molecule has 1 aliphatic rings. The van der Waals surface area contributed by atoms with Crippen LogP contribution in [0.1, 0.15) is 12.1 Å². The number of aliphatic carboxylic acids is 1. The molecule has 1 saturated heterocycles. The average Bonchev–Trinajstić information content (AvgIpc) is 3.00. The van der Waals surface area contributed by atoms with Gasteiger partial charge in [0, 0.05) is 61.5 Å². The number of pyridine rings is 2. The van der Waals surface area contributed by atoms with Gasteiger partial charge in [0.05, 0.1) is 12.1 Å². The Bertz CT molecular complexity index is 914. The first-order valence-corrected chi connectivity index (χ1v) is 8.62. The number of carbonyl (C=O) groups excluding carboxylic acids is 1. The van der Waals surface area contributed by atoms with Crippen molar-refractivity contribution in [3.8, 4) is 0 Å². The zero-order valence-electron chi connectivity index (χ0n) is 15.3. The summed E-state index contributed by atoms with van der Waals surface area (Å²) in [6.07, 6.45) is 5.74. The van der Waals surface area contributed by atoms with E-state index in [-0.39, 0.29) is 6.54 Å². The summed E-state index contributed by atoms with van der Waals surface area (Å²) in [6, 6.07) is 3.83. The van der Waals surface area contributed by atoms with Crippen molar-refractivity contribution in [1.29, 1.82) is 0 Å². The van der Waals surface area contributed by atoms with Crippen LogP contribution >= 0.6 is 0 Å². The third kappa shape index (κ3) is 4.22. The fourth-order valence-electron chi connectivity index (χ4n) is 3.42. The predicted molar refractivity (Wildman–Crippen MR) is 100 cm³/mol. The van der Waals surface area contributed by atoms with E-state index in [1.54, 1.807) is 19.4 Å². The van der Waals surface area contributed by atoms with Gasteiger partial charge in [-0.3, -0.25) is 14.8 Å². The van der Waals surface area contributed by atoms with Crippen molar-refractivity contribution in [1.82, 2.24) is 14.9 Å². The number of β-amino-alcohol motifs (C(OH)–C–C–N with tert-alkyl or cyclic N) is 1. The van der Waals surface area contributed by atoms with Crippen molar-refractivity contribution in [2.45, 2.75) is 18.9 Å². The third-order valence-corrected chi connectivity index (χ3v) is 4.67. The molecule has 0 radical (unpaired) electrons. The van der Waals surface area contributed by atoms with Crippen molar-refractivity contribution >= 4 is 28.5 Å². The van der Waals surface area contributed by atoms with Gasteiger partial charge < -0.3 is 20.0 Å². The molecule has 27 heavy (non-hydrogen) atoms. The van der Waals surface area contributed by atoms with E-state index in [0.717, 1.165) is 34.4 Å². The number of aliphatic hydroxyl groups is 1. The summed E-state index contributed by atoms with van der Waals surface area (Å²) in [6.45, 7) is 3.04. The lowest BCUT2D eigenvalue weighted by atomic mass is 10.0. The number of aryl methyl sites for hydroxylation is 1. The maximum atomic E-state index is 12.0. The van der Waals surface area contributed by atoms with Crippen LogP contribution in [0.3, 0.4) is 0 Å². The van der Waals surface area contributed by atoms with Crippen molar-refractivity contribution < 1.29 is 19.8 Å². The highest BCUT2D eigenvalue weighted by Gasteiger charge is 2.38. The number of hydrogen-bond acceptors (Lipinski definition) is 6. The second-order valence-corrected chi connectivity index (χ2v) is 6.94. The maximum Gasteiger partial charge on any atom is 0.328 e. The first-order valence-electron chi connectivity index (χ1n) is 8.62. The SMILES string of the molecule is Cc1cc(N2CC[C@@](O)(CN(C)C(=O)/C=C/C(=O)O)C2)c2cnccc2n1. The van der Waals surface area contributed by atoms with Crippen LogP contribution in [0.5, 0.6) is 0 Å². The normalized spacial score (nSPS) is 19.7. The first kappa shape index (κ1) is 18.8. The lowest BCUT2D eigenvalue weighted by molar-refractivity contribution is -0.132. The molecule has 3 rings (SSSR count). The minimum atomic E-state index is -1.18. The zero-order valence-corrected chi connectivity index (χ0v) is 15.3. The number of carboxylic acid groups (broad SMARTS) is 1. The molecule has 0 saturated carbocycles. The smallest absolute Gasteiger partial charge is 0.328 e. The molecule has 1 amide bonds. The molecule has 2 aromatic heterocycles. The molecule has 0 bridgehead atoms. The van der Waals surface area contributed by atoms with Gasteiger partial charge in [-0.2, -0.15) is 0 Å². The van der Waals surface area contributed by atoms with Crippen molar-refractivity contribution in [2.24, 2.45) is 0 Å². The number of anilines is 1. The topological polar surface area (TPSA) is 107 Å². The molecule has 2 aromatic rings. The Balaban J connectivity index is 1.76. The van der Waals surface area contributed by atoms with Gasteiger partial charge in [0.25, 0.3) is 0 Å². The van der Waals surface area contributed by atoms with E-state index in [9.17, 15) is 14.7 Å². The fourth-order valence-corrected chi connectivity index (χ4v) is 3.42. The van der Waals surface area contributed by atoms with Crippen LogP contribution in [-0.4, -0.2) is 69.2 Å². The molecule has 8 nitrogen and oxygen atoms in total. The number of carboxylic acids is 1. The Morgan fingerprint density at radius 1 is 1.41 bits per heavy atom. The number of carbonyl (C=O) groups is 2. The van der Waals surface area contributed by atoms with Gasteiger partial charge in [-0.05, 0) is 25.5 Å². The molecule has 0 unspecified atom stereocenters. The molecule has 0 aromatic carbocycles. The van der Waals surface area contributed by atoms with Crippen LogP contribution in [0, 0.1) is 6.92 Å². The van der Waals surface area contributed by atoms with E-state index < -0.39 is 17.5 Å². The van der Waals surface area contributed by atoms with Gasteiger partial charge in [0.15, 0.2) is 0 Å². The van der Waals surface area contributed by atoms with Gasteiger partial charge in [0.2, 0.25) is 5.91 Å². The molecule has 3 heterocycles. The van der Waals surface area contributed by atoms with Gasteiger partial charge >= 0.3 is 5.97 Å². The minimum Gasteiger partial charge on any atom is -0.478 e. The number of aromatic nitrogens is 2. The summed E-state index contributed by atoms with van der Waals surface area (Å²) in [5, 5.41) is 20.5. The number of rotatable bonds is 5. The molecule has 0 aliphatic carbocycles. The van der Waals surface area contributed by atoms with E-state index in [0.29, 0.717) is 19.5 Å². The summed E-state index contributed by atoms with van der Waals surface area (Å²) >= 11 is 0. The van der Waals surface area contributed by atoms with Crippen LogP contribution in [-0.2, 0) is 9.59 Å². The number of amides is 1. The highest BCUT2D eigenvalue weighted by molar-refractivity contribution is 5.94. The van der Waals surface area contributed by atoms with E-state index in [1.165, 1.54) is 4.90 Å². The highest BCUT2D eigenvalue weighted by Crippen LogP contribution is 2.32. The molecule has 1 atom stereocenters. The molecule has 0 spiro atoms. The standard InChI is InChI=1S/C19H22N4O4/c1-13-9-16(14-10-20-7-5-15(14)21-13)23-8-6-19(27,12-23)11-22(2)17(24)3-4-18(25)26/h3-5,7,9-10,27H,6,8,11-12H2,1-2H3,(H,25,26)/b4-3+/t19-/m1/s1. The second kappa shape index (κ2) is 7.32. The number of fused-ring (bicyclic) bond motifs is 1. The molecule has 1 fully saturated rings. The first-order chi connectivity index (χ1) is 12.8. The average molecular weight is 370 g/mol. The quantitative estimate of drug-likeness (QED) is 0.756. The summed E-state index contributed by atoms with van der Waals surface area (Å²) in [5.41, 5.74) is 1.61. The third-order valence-electron chi connectivity index (χ3n) is 4.67. The predicted octanol–water partition coefficient (Wildman–Crippen LogP) is 0.979. The number of hydrogen-bond donors (Lipinski definition) is 2. The molecule has 142 valence electrons.